The quantitative estimate of drug-likeness (QED) is 0.600. The molecule has 1 heterocycles. The summed E-state index contributed by atoms with van der Waals surface area (Å²) >= 11 is 0. The Kier molecular flexibility index (Phi) is 4.90. The molecule has 1 aromatic heterocycles. The molecule has 0 unspecified atom stereocenters. The zero-order chi connectivity index (χ0) is 12.8. The Hall–Kier alpha value is -1.62. The van der Waals surface area contributed by atoms with Crippen LogP contribution in [0.1, 0.15) is 30.8 Å². The van der Waals surface area contributed by atoms with E-state index in [0.717, 1.165) is 13.0 Å². The number of nitrogens with two attached hydrogens (primary N) is 1. The molecule has 0 aromatic carbocycles. The minimum atomic E-state index is -0.0609. The summed E-state index contributed by atoms with van der Waals surface area (Å²) in [6.07, 6.45) is 2.54. The lowest BCUT2D eigenvalue weighted by molar-refractivity contribution is 0.0783. The van der Waals surface area contributed by atoms with Gasteiger partial charge in [-0.1, -0.05) is 13.8 Å². The van der Waals surface area contributed by atoms with Crippen LogP contribution < -0.4 is 11.3 Å². The summed E-state index contributed by atoms with van der Waals surface area (Å²) < 4.78 is 0. The fourth-order valence-electron chi connectivity index (χ4n) is 1.35. The van der Waals surface area contributed by atoms with Crippen LogP contribution >= 0.6 is 0 Å². The van der Waals surface area contributed by atoms with Gasteiger partial charge in [-0.25, -0.2) is 4.98 Å². The highest BCUT2D eigenvalue weighted by Crippen LogP contribution is 2.07. The van der Waals surface area contributed by atoms with Gasteiger partial charge >= 0.3 is 0 Å². The molecule has 3 N–H and O–H groups in total. The number of carbonyl (C=O) groups excluding carboxylic acids is 1. The van der Waals surface area contributed by atoms with Crippen molar-refractivity contribution in [2.45, 2.75) is 20.3 Å². The largest absolute Gasteiger partial charge is 0.340 e. The first-order valence-electron chi connectivity index (χ1n) is 5.72. The van der Waals surface area contributed by atoms with Gasteiger partial charge in [0.25, 0.3) is 5.91 Å². The van der Waals surface area contributed by atoms with Crippen molar-refractivity contribution in [1.29, 1.82) is 0 Å². The lowest BCUT2D eigenvalue weighted by Crippen LogP contribution is -2.29. The van der Waals surface area contributed by atoms with Crippen molar-refractivity contribution in [2.75, 3.05) is 19.0 Å². The van der Waals surface area contributed by atoms with Gasteiger partial charge in [-0.15, -0.1) is 0 Å². The molecular formula is C12H20N4O. The third-order valence-corrected chi connectivity index (χ3v) is 2.54. The van der Waals surface area contributed by atoms with Gasteiger partial charge in [0.2, 0.25) is 0 Å². The van der Waals surface area contributed by atoms with Crippen LogP contribution in [0.15, 0.2) is 18.3 Å². The first kappa shape index (κ1) is 13.4. The van der Waals surface area contributed by atoms with Crippen LogP contribution in [-0.2, 0) is 0 Å². The first-order valence-corrected chi connectivity index (χ1v) is 5.72. The fraction of sp³-hybridized carbons (Fsp3) is 0.500. The monoisotopic (exact) mass is 236 g/mol. The number of anilines is 1. The Bertz CT molecular complexity index is 361. The minimum Gasteiger partial charge on any atom is -0.340 e. The molecule has 0 aliphatic rings. The number of carbonyl (C=O) groups is 1. The van der Waals surface area contributed by atoms with Crippen molar-refractivity contribution in [2.24, 2.45) is 11.8 Å². The van der Waals surface area contributed by atoms with E-state index < -0.39 is 0 Å². The average Bonchev–Trinajstić information content (AvgIpc) is 2.35. The van der Waals surface area contributed by atoms with Gasteiger partial charge < -0.3 is 10.3 Å². The standard InChI is InChI=1S/C12H20N4O/c1-9(2)6-7-16(3)12(17)11-5-4-10(15-13)8-14-11/h4-5,8-9,15H,6-7,13H2,1-3H3. The van der Waals surface area contributed by atoms with Gasteiger partial charge in [0, 0.05) is 13.6 Å². The van der Waals surface area contributed by atoms with E-state index in [0.29, 0.717) is 17.3 Å². The molecule has 5 nitrogen and oxygen atoms in total. The molecule has 0 aliphatic heterocycles. The molecule has 5 heteroatoms. The average molecular weight is 236 g/mol. The maximum atomic E-state index is 12.0. The molecule has 0 saturated heterocycles. The number of hydrazine groups is 1. The second-order valence-electron chi connectivity index (χ2n) is 4.49. The highest BCUT2D eigenvalue weighted by atomic mass is 16.2. The topological polar surface area (TPSA) is 71.2 Å². The van der Waals surface area contributed by atoms with Crippen molar-refractivity contribution in [3.05, 3.63) is 24.0 Å². The molecule has 94 valence electrons. The summed E-state index contributed by atoms with van der Waals surface area (Å²) in [4.78, 5) is 17.7. The van der Waals surface area contributed by atoms with Crippen LogP contribution in [0.5, 0.6) is 0 Å². The third-order valence-electron chi connectivity index (χ3n) is 2.54. The van der Waals surface area contributed by atoms with Gasteiger partial charge in [0.15, 0.2) is 0 Å². The molecule has 1 aromatic rings. The van der Waals surface area contributed by atoms with Crippen LogP contribution in [0.25, 0.3) is 0 Å². The number of nitrogen functional groups attached to an aromatic ring is 1. The lowest BCUT2D eigenvalue weighted by atomic mass is 10.1. The predicted molar refractivity (Wildman–Crippen MR) is 68.5 cm³/mol. The Balaban J connectivity index is 2.61. The number of hydrogen-bond acceptors (Lipinski definition) is 4. The summed E-state index contributed by atoms with van der Waals surface area (Å²) in [6, 6.07) is 3.40. The molecule has 0 aliphatic carbocycles. The highest BCUT2D eigenvalue weighted by Gasteiger charge is 2.12. The molecule has 0 spiro atoms. The Morgan fingerprint density at radius 1 is 1.53 bits per heavy atom. The summed E-state index contributed by atoms with van der Waals surface area (Å²) in [6.45, 7) is 5.02. The Labute approximate surface area is 102 Å². The van der Waals surface area contributed by atoms with Gasteiger partial charge in [0.1, 0.15) is 5.69 Å². The van der Waals surface area contributed by atoms with Crippen molar-refractivity contribution < 1.29 is 4.79 Å². The number of pyridine rings is 1. The van der Waals surface area contributed by atoms with Crippen molar-refractivity contribution >= 4 is 11.6 Å². The van der Waals surface area contributed by atoms with Gasteiger partial charge in [-0.05, 0) is 24.5 Å². The normalized spacial score (nSPS) is 10.4. The number of amides is 1. The molecule has 17 heavy (non-hydrogen) atoms. The SMILES string of the molecule is CC(C)CCN(C)C(=O)c1ccc(NN)cn1. The number of nitrogens with one attached hydrogen (secondary N) is 1. The first-order chi connectivity index (χ1) is 8.04. The van der Waals surface area contributed by atoms with E-state index in [2.05, 4.69) is 24.3 Å². The van der Waals surface area contributed by atoms with Crippen molar-refractivity contribution in [1.82, 2.24) is 9.88 Å². The van der Waals surface area contributed by atoms with Crippen LogP contribution in [0.3, 0.4) is 0 Å². The predicted octanol–water partition coefficient (Wildman–Crippen LogP) is 1.49. The van der Waals surface area contributed by atoms with Gasteiger partial charge in [-0.3, -0.25) is 10.6 Å². The second kappa shape index (κ2) is 6.20. The smallest absolute Gasteiger partial charge is 0.272 e. The van der Waals surface area contributed by atoms with Gasteiger partial charge in [-0.2, -0.15) is 0 Å². The molecule has 0 atom stereocenters. The molecule has 1 rings (SSSR count). The molecule has 0 radical (unpaired) electrons. The van der Waals surface area contributed by atoms with Crippen LogP contribution in [0, 0.1) is 5.92 Å². The Morgan fingerprint density at radius 2 is 2.24 bits per heavy atom. The zero-order valence-electron chi connectivity index (χ0n) is 10.6. The van der Waals surface area contributed by atoms with E-state index in [9.17, 15) is 4.79 Å². The number of hydrogen-bond donors (Lipinski definition) is 2. The van der Waals surface area contributed by atoms with E-state index in [1.54, 1.807) is 30.3 Å². The van der Waals surface area contributed by atoms with Gasteiger partial charge in [0.05, 0.1) is 11.9 Å². The number of nitrogens with zero attached hydrogens (tertiary/aromatic N) is 2. The summed E-state index contributed by atoms with van der Waals surface area (Å²) in [5.41, 5.74) is 3.60. The fourth-order valence-corrected chi connectivity index (χ4v) is 1.35. The maximum absolute atomic E-state index is 12.0. The van der Waals surface area contributed by atoms with E-state index in [-0.39, 0.29) is 5.91 Å². The van der Waals surface area contributed by atoms with Crippen molar-refractivity contribution in [3.63, 3.8) is 0 Å². The highest BCUT2D eigenvalue weighted by molar-refractivity contribution is 5.92. The summed E-state index contributed by atoms with van der Waals surface area (Å²) in [5, 5.41) is 0. The molecule has 0 bridgehead atoms. The van der Waals surface area contributed by atoms with Crippen molar-refractivity contribution in [3.8, 4) is 0 Å². The third kappa shape index (κ3) is 4.03. The van der Waals surface area contributed by atoms with E-state index in [1.165, 1.54) is 0 Å². The number of aromatic nitrogens is 1. The summed E-state index contributed by atoms with van der Waals surface area (Å²) in [5.74, 6) is 5.76. The summed E-state index contributed by atoms with van der Waals surface area (Å²) in [7, 11) is 1.79. The minimum absolute atomic E-state index is 0.0609. The molecule has 1 amide bonds. The number of rotatable bonds is 5. The second-order valence-corrected chi connectivity index (χ2v) is 4.49. The van der Waals surface area contributed by atoms with E-state index >= 15 is 0 Å². The lowest BCUT2D eigenvalue weighted by Gasteiger charge is -2.17. The van der Waals surface area contributed by atoms with E-state index in [4.69, 9.17) is 5.84 Å². The van der Waals surface area contributed by atoms with Crippen LogP contribution in [-0.4, -0.2) is 29.4 Å². The van der Waals surface area contributed by atoms with Crippen LogP contribution in [0.2, 0.25) is 0 Å². The van der Waals surface area contributed by atoms with E-state index in [1.807, 2.05) is 0 Å². The Morgan fingerprint density at radius 3 is 2.71 bits per heavy atom. The zero-order valence-corrected chi connectivity index (χ0v) is 10.6. The molecular weight excluding hydrogens is 216 g/mol. The molecule has 0 fully saturated rings. The van der Waals surface area contributed by atoms with Crippen LogP contribution in [0.4, 0.5) is 5.69 Å². The maximum Gasteiger partial charge on any atom is 0.272 e. The molecule has 0 saturated carbocycles.